The lowest BCUT2D eigenvalue weighted by molar-refractivity contribution is -0.174. The van der Waals surface area contributed by atoms with E-state index in [0.29, 0.717) is 48.5 Å². The quantitative estimate of drug-likeness (QED) is 0.342. The zero-order chi connectivity index (χ0) is 26.2. The van der Waals surface area contributed by atoms with Crippen molar-refractivity contribution in [2.75, 3.05) is 18.4 Å². The fraction of sp³-hybridized carbons (Fsp3) is 0.781. The van der Waals surface area contributed by atoms with Gasteiger partial charge < -0.3 is 20.8 Å². The van der Waals surface area contributed by atoms with Crippen LogP contribution < -0.4 is 10.6 Å². The van der Waals surface area contributed by atoms with E-state index in [1.807, 2.05) is 30.3 Å². The second-order valence-electron chi connectivity index (χ2n) is 13.5. The van der Waals surface area contributed by atoms with E-state index in [0.717, 1.165) is 44.3 Å². The Labute approximate surface area is 224 Å². The molecular weight excluding hydrogens is 460 g/mol. The topological polar surface area (TPSA) is 81.6 Å². The van der Waals surface area contributed by atoms with Gasteiger partial charge in [0.2, 0.25) is 5.91 Å². The molecule has 4 aliphatic carbocycles. The second-order valence-corrected chi connectivity index (χ2v) is 13.5. The van der Waals surface area contributed by atoms with Crippen molar-refractivity contribution in [2.45, 2.75) is 97.2 Å². The summed E-state index contributed by atoms with van der Waals surface area (Å²) < 4.78 is 0. The summed E-state index contributed by atoms with van der Waals surface area (Å²) in [6.45, 7) is 8.55. The molecule has 0 bridgehead atoms. The maximum absolute atomic E-state index is 12.6. The minimum atomic E-state index is -0.256. The number of nitrogens with one attached hydrogen (secondary N) is 2. The molecule has 1 aromatic carbocycles. The normalized spacial score (nSPS) is 41.7. The summed E-state index contributed by atoms with van der Waals surface area (Å²) in [6.07, 6.45) is 9.94. The Morgan fingerprint density at radius 3 is 2.57 bits per heavy atom. The number of amides is 1. The standard InChI is InChI=1S/C32H50N2O3/c1-21(9-14-30(37)34-18-17-33-23-7-5-4-6-8-23)26-12-13-27-25-11-10-22-19-24(35)15-16-31(22,2)28(25)20-29(36)32(26,27)3/h4-8,21-22,24-29,33,35-36H,9-20H2,1-3H3,(H,34,37)/t21-,22-,24-,25+,26-,27+,28+,29+,31+,32-/m1/s1. The molecule has 0 heterocycles. The Kier molecular flexibility index (Phi) is 7.94. The van der Waals surface area contributed by atoms with Gasteiger partial charge in [-0.1, -0.05) is 39.0 Å². The predicted octanol–water partition coefficient (Wildman–Crippen LogP) is 5.62. The number of carbonyl (C=O) groups excluding carboxylic acids is 1. The van der Waals surface area contributed by atoms with E-state index in [9.17, 15) is 15.0 Å². The molecule has 0 unspecified atom stereocenters. The van der Waals surface area contributed by atoms with Gasteiger partial charge in [0, 0.05) is 25.2 Å². The average Bonchev–Trinajstić information content (AvgIpc) is 3.25. The third kappa shape index (κ3) is 5.07. The van der Waals surface area contributed by atoms with Crippen LogP contribution in [0.25, 0.3) is 0 Å². The Morgan fingerprint density at radius 2 is 1.78 bits per heavy atom. The molecule has 1 aromatic rings. The van der Waals surface area contributed by atoms with E-state index >= 15 is 0 Å². The highest BCUT2D eigenvalue weighted by atomic mass is 16.3. The van der Waals surface area contributed by atoms with Crippen LogP contribution in [0.2, 0.25) is 0 Å². The van der Waals surface area contributed by atoms with Crippen molar-refractivity contribution in [1.82, 2.24) is 5.32 Å². The monoisotopic (exact) mass is 510 g/mol. The number of para-hydroxylation sites is 1. The van der Waals surface area contributed by atoms with Gasteiger partial charge in [-0.3, -0.25) is 4.79 Å². The van der Waals surface area contributed by atoms with Gasteiger partial charge in [-0.25, -0.2) is 0 Å². The van der Waals surface area contributed by atoms with Crippen LogP contribution in [0.3, 0.4) is 0 Å². The van der Waals surface area contributed by atoms with Crippen molar-refractivity contribution in [3.63, 3.8) is 0 Å². The van der Waals surface area contributed by atoms with Crippen LogP contribution in [0, 0.1) is 46.3 Å². The van der Waals surface area contributed by atoms with Gasteiger partial charge in [-0.15, -0.1) is 0 Å². The predicted molar refractivity (Wildman–Crippen MR) is 149 cm³/mol. The van der Waals surface area contributed by atoms with Crippen molar-refractivity contribution in [3.8, 4) is 0 Å². The smallest absolute Gasteiger partial charge is 0.220 e. The van der Waals surface area contributed by atoms with Crippen LogP contribution in [-0.2, 0) is 4.79 Å². The molecule has 4 N–H and O–H groups in total. The summed E-state index contributed by atoms with van der Waals surface area (Å²) in [5.41, 5.74) is 1.32. The molecule has 0 saturated heterocycles. The lowest BCUT2D eigenvalue weighted by Gasteiger charge is -2.62. The first kappa shape index (κ1) is 27.0. The molecule has 4 aliphatic rings. The summed E-state index contributed by atoms with van der Waals surface area (Å²) >= 11 is 0. The molecular formula is C32H50N2O3. The lowest BCUT2D eigenvalue weighted by atomic mass is 9.43. The van der Waals surface area contributed by atoms with E-state index in [-0.39, 0.29) is 28.9 Å². The molecule has 4 fully saturated rings. The van der Waals surface area contributed by atoms with Gasteiger partial charge in [0.05, 0.1) is 12.2 Å². The summed E-state index contributed by atoms with van der Waals surface area (Å²) in [7, 11) is 0. The number of carbonyl (C=O) groups is 1. The van der Waals surface area contributed by atoms with Gasteiger partial charge in [-0.2, -0.15) is 0 Å². The minimum absolute atomic E-state index is 0.0337. The molecule has 5 heteroatoms. The summed E-state index contributed by atoms with van der Waals surface area (Å²) in [5, 5.41) is 28.5. The van der Waals surface area contributed by atoms with Crippen LogP contribution in [0.15, 0.2) is 30.3 Å². The first-order valence-electron chi connectivity index (χ1n) is 15.1. The lowest BCUT2D eigenvalue weighted by Crippen LogP contribution is -2.58. The number of fused-ring (bicyclic) bond motifs is 5. The van der Waals surface area contributed by atoms with Gasteiger partial charge in [0.15, 0.2) is 0 Å². The summed E-state index contributed by atoms with van der Waals surface area (Å²) in [6, 6.07) is 10.1. The van der Waals surface area contributed by atoms with E-state index in [1.165, 1.54) is 25.7 Å². The molecule has 4 saturated carbocycles. The molecule has 5 rings (SSSR count). The van der Waals surface area contributed by atoms with Crippen molar-refractivity contribution >= 4 is 11.6 Å². The van der Waals surface area contributed by atoms with E-state index in [1.54, 1.807) is 0 Å². The van der Waals surface area contributed by atoms with Crippen LogP contribution in [0.4, 0.5) is 5.69 Å². The van der Waals surface area contributed by atoms with Crippen LogP contribution >= 0.6 is 0 Å². The van der Waals surface area contributed by atoms with Crippen molar-refractivity contribution in [2.24, 2.45) is 46.3 Å². The van der Waals surface area contributed by atoms with Gasteiger partial charge in [0.1, 0.15) is 0 Å². The van der Waals surface area contributed by atoms with Crippen molar-refractivity contribution in [3.05, 3.63) is 30.3 Å². The fourth-order valence-corrected chi connectivity index (χ4v) is 9.77. The van der Waals surface area contributed by atoms with E-state index in [2.05, 4.69) is 31.4 Å². The molecule has 0 spiro atoms. The van der Waals surface area contributed by atoms with E-state index in [4.69, 9.17) is 0 Å². The zero-order valence-electron chi connectivity index (χ0n) is 23.3. The Bertz CT molecular complexity index is 924. The number of hydrogen-bond donors (Lipinski definition) is 4. The van der Waals surface area contributed by atoms with Crippen molar-refractivity contribution in [1.29, 1.82) is 0 Å². The summed E-state index contributed by atoms with van der Waals surface area (Å²) in [5.74, 6) is 3.57. The number of aliphatic hydroxyl groups excluding tert-OH is 2. The second kappa shape index (κ2) is 10.9. The third-order valence-electron chi connectivity index (χ3n) is 11.9. The first-order valence-corrected chi connectivity index (χ1v) is 15.1. The van der Waals surface area contributed by atoms with Crippen LogP contribution in [-0.4, -0.2) is 41.4 Å². The van der Waals surface area contributed by atoms with Gasteiger partial charge >= 0.3 is 0 Å². The molecule has 5 nitrogen and oxygen atoms in total. The first-order chi connectivity index (χ1) is 17.7. The number of benzene rings is 1. The molecule has 0 radical (unpaired) electrons. The largest absolute Gasteiger partial charge is 0.393 e. The maximum Gasteiger partial charge on any atom is 0.220 e. The van der Waals surface area contributed by atoms with E-state index < -0.39 is 0 Å². The highest BCUT2D eigenvalue weighted by Gasteiger charge is 2.63. The maximum atomic E-state index is 12.6. The fourth-order valence-electron chi connectivity index (χ4n) is 9.77. The SMILES string of the molecule is C[C@H](CCC(=O)NCCNc1ccccc1)[C@H]1CC[C@H]2[C@@H]3CC[C@@H]4C[C@H](O)CC[C@]4(C)[C@H]3C[C@H](O)[C@]12C. The van der Waals surface area contributed by atoms with Gasteiger partial charge in [0.25, 0.3) is 0 Å². The van der Waals surface area contributed by atoms with Crippen LogP contribution in [0.5, 0.6) is 0 Å². The number of anilines is 1. The number of aliphatic hydroxyl groups is 2. The molecule has 37 heavy (non-hydrogen) atoms. The Balaban J connectivity index is 1.15. The summed E-state index contributed by atoms with van der Waals surface area (Å²) in [4.78, 5) is 12.6. The van der Waals surface area contributed by atoms with Crippen LogP contribution in [0.1, 0.15) is 85.0 Å². The zero-order valence-corrected chi connectivity index (χ0v) is 23.3. The highest BCUT2D eigenvalue weighted by Crippen LogP contribution is 2.68. The van der Waals surface area contributed by atoms with Crippen molar-refractivity contribution < 1.29 is 15.0 Å². The Morgan fingerprint density at radius 1 is 1.00 bits per heavy atom. The molecule has 0 aromatic heterocycles. The molecule has 0 aliphatic heterocycles. The molecule has 206 valence electrons. The highest BCUT2D eigenvalue weighted by molar-refractivity contribution is 5.75. The van der Waals surface area contributed by atoms with Gasteiger partial charge in [-0.05, 0) is 116 Å². The molecule has 10 atom stereocenters. The molecule has 1 amide bonds. The number of rotatable bonds is 8. The average molecular weight is 511 g/mol. The Hall–Kier alpha value is -1.59. The minimum Gasteiger partial charge on any atom is -0.393 e. The number of hydrogen-bond acceptors (Lipinski definition) is 4. The third-order valence-corrected chi connectivity index (χ3v) is 11.9.